The molecule has 0 spiro atoms. The van der Waals surface area contributed by atoms with Crippen molar-refractivity contribution in [1.29, 1.82) is 5.26 Å². The Hall–Kier alpha value is -2.94. The molecule has 0 atom stereocenters. The minimum Gasteiger partial charge on any atom is -0.478 e. The molecule has 1 heterocycles. The molecule has 2 N–H and O–H groups in total. The number of nitrogens with one attached hydrogen (secondary N) is 1. The van der Waals surface area contributed by atoms with Crippen LogP contribution in [0.5, 0.6) is 0 Å². The van der Waals surface area contributed by atoms with Crippen LogP contribution in [0.25, 0.3) is 0 Å². The quantitative estimate of drug-likeness (QED) is 0.882. The van der Waals surface area contributed by atoms with Crippen LogP contribution in [0.1, 0.15) is 15.9 Å². The number of rotatable bonds is 3. The summed E-state index contributed by atoms with van der Waals surface area (Å²) in [5, 5.41) is 20.1. The normalized spacial score (nSPS) is 9.68. The van der Waals surface area contributed by atoms with E-state index in [0.29, 0.717) is 11.3 Å². The molecule has 94 valence electrons. The Bertz CT molecular complexity index is 663. The largest absolute Gasteiger partial charge is 0.478 e. The van der Waals surface area contributed by atoms with E-state index in [2.05, 4.69) is 10.3 Å². The standard InChI is InChI=1S/C13H8FN3O2/c14-11-10(13(18)19)5-6-16-12(11)17-9-3-1-8(7-15)2-4-9/h1-6H,(H,16,17)(H,18,19). The van der Waals surface area contributed by atoms with Crippen LogP contribution in [0, 0.1) is 17.1 Å². The van der Waals surface area contributed by atoms with Crippen LogP contribution in [0.4, 0.5) is 15.9 Å². The number of carboxylic acid groups (broad SMARTS) is 1. The second kappa shape index (κ2) is 5.14. The number of carbonyl (C=O) groups is 1. The van der Waals surface area contributed by atoms with Crippen LogP contribution in [-0.2, 0) is 0 Å². The highest BCUT2D eigenvalue weighted by atomic mass is 19.1. The number of hydrogen-bond acceptors (Lipinski definition) is 4. The molecule has 19 heavy (non-hydrogen) atoms. The molecule has 2 aromatic rings. The Morgan fingerprint density at radius 2 is 2.00 bits per heavy atom. The van der Waals surface area contributed by atoms with Crippen LogP contribution in [-0.4, -0.2) is 16.1 Å². The molecular formula is C13H8FN3O2. The Balaban J connectivity index is 2.30. The number of halogens is 1. The van der Waals surface area contributed by atoms with Crippen molar-refractivity contribution in [1.82, 2.24) is 4.98 Å². The van der Waals surface area contributed by atoms with Gasteiger partial charge in [0.15, 0.2) is 11.6 Å². The summed E-state index contributed by atoms with van der Waals surface area (Å²) in [6.07, 6.45) is 1.21. The zero-order chi connectivity index (χ0) is 13.8. The molecule has 0 saturated heterocycles. The SMILES string of the molecule is N#Cc1ccc(Nc2nccc(C(=O)O)c2F)cc1. The molecule has 0 unspecified atom stereocenters. The summed E-state index contributed by atoms with van der Waals surface area (Å²) in [5.41, 5.74) is 0.525. The number of pyridine rings is 1. The first-order chi connectivity index (χ1) is 9.11. The zero-order valence-corrected chi connectivity index (χ0v) is 9.59. The number of hydrogen-bond donors (Lipinski definition) is 2. The monoisotopic (exact) mass is 257 g/mol. The van der Waals surface area contributed by atoms with Crippen LogP contribution in [0.15, 0.2) is 36.5 Å². The van der Waals surface area contributed by atoms with Crippen molar-refractivity contribution in [2.45, 2.75) is 0 Å². The fraction of sp³-hybridized carbons (Fsp3) is 0. The molecule has 2 rings (SSSR count). The second-order valence-electron chi connectivity index (χ2n) is 3.64. The van der Waals surface area contributed by atoms with Crippen LogP contribution in [0.3, 0.4) is 0 Å². The topological polar surface area (TPSA) is 86.0 Å². The maximum absolute atomic E-state index is 13.8. The third-order valence-electron chi connectivity index (χ3n) is 2.40. The van der Waals surface area contributed by atoms with Gasteiger partial charge in [-0.2, -0.15) is 5.26 Å². The number of aromatic nitrogens is 1. The first-order valence-electron chi connectivity index (χ1n) is 5.27. The van der Waals surface area contributed by atoms with Gasteiger partial charge >= 0.3 is 5.97 Å². The highest BCUT2D eigenvalue weighted by molar-refractivity contribution is 5.89. The van der Waals surface area contributed by atoms with Gasteiger partial charge in [-0.05, 0) is 30.3 Å². The van der Waals surface area contributed by atoms with Crippen molar-refractivity contribution < 1.29 is 14.3 Å². The number of anilines is 2. The molecule has 0 fully saturated rings. The molecule has 1 aromatic carbocycles. The van der Waals surface area contributed by atoms with E-state index >= 15 is 0 Å². The zero-order valence-electron chi connectivity index (χ0n) is 9.59. The second-order valence-corrected chi connectivity index (χ2v) is 3.64. The van der Waals surface area contributed by atoms with Crippen LogP contribution >= 0.6 is 0 Å². The maximum atomic E-state index is 13.8. The lowest BCUT2D eigenvalue weighted by Gasteiger charge is -2.07. The lowest BCUT2D eigenvalue weighted by atomic mass is 10.2. The summed E-state index contributed by atoms with van der Waals surface area (Å²) in [6, 6.07) is 9.31. The van der Waals surface area contributed by atoms with Crippen molar-refractivity contribution in [2.75, 3.05) is 5.32 Å². The van der Waals surface area contributed by atoms with Gasteiger partial charge in [-0.15, -0.1) is 0 Å². The fourth-order valence-corrected chi connectivity index (χ4v) is 1.46. The van der Waals surface area contributed by atoms with Crippen molar-refractivity contribution in [3.63, 3.8) is 0 Å². The summed E-state index contributed by atoms with van der Waals surface area (Å²) >= 11 is 0. The van der Waals surface area contributed by atoms with Gasteiger partial charge in [-0.3, -0.25) is 0 Å². The van der Waals surface area contributed by atoms with Gasteiger partial charge in [0.25, 0.3) is 0 Å². The van der Waals surface area contributed by atoms with E-state index in [0.717, 1.165) is 6.07 Å². The van der Waals surface area contributed by atoms with E-state index in [1.807, 2.05) is 6.07 Å². The van der Waals surface area contributed by atoms with Gasteiger partial charge in [0.2, 0.25) is 0 Å². The molecule has 0 saturated carbocycles. The maximum Gasteiger partial charge on any atom is 0.338 e. The van der Waals surface area contributed by atoms with Gasteiger partial charge in [0.1, 0.15) is 5.56 Å². The van der Waals surface area contributed by atoms with Crippen LogP contribution < -0.4 is 5.32 Å². The minimum atomic E-state index is -1.36. The Morgan fingerprint density at radius 3 is 2.58 bits per heavy atom. The van der Waals surface area contributed by atoms with Gasteiger partial charge in [0.05, 0.1) is 11.6 Å². The molecule has 0 radical (unpaired) electrons. The van der Waals surface area contributed by atoms with Crippen molar-refractivity contribution >= 4 is 17.5 Å². The number of nitrogens with zero attached hydrogens (tertiary/aromatic N) is 2. The number of carboxylic acids is 1. The van der Waals surface area contributed by atoms with E-state index in [4.69, 9.17) is 10.4 Å². The predicted molar refractivity (Wildman–Crippen MR) is 65.6 cm³/mol. The minimum absolute atomic E-state index is 0.176. The van der Waals surface area contributed by atoms with Gasteiger partial charge in [-0.1, -0.05) is 0 Å². The predicted octanol–water partition coefficient (Wildman–Crippen LogP) is 2.53. The summed E-state index contributed by atoms with van der Waals surface area (Å²) < 4.78 is 13.8. The van der Waals surface area contributed by atoms with Crippen molar-refractivity contribution in [2.24, 2.45) is 0 Å². The molecule has 6 heteroatoms. The molecular weight excluding hydrogens is 249 g/mol. The first kappa shape index (κ1) is 12.5. The Kier molecular flexibility index (Phi) is 3.39. The van der Waals surface area contributed by atoms with E-state index in [-0.39, 0.29) is 5.82 Å². The summed E-state index contributed by atoms with van der Waals surface area (Å²) in [4.78, 5) is 14.5. The smallest absolute Gasteiger partial charge is 0.338 e. The molecule has 0 aliphatic heterocycles. The lowest BCUT2D eigenvalue weighted by Crippen LogP contribution is -2.05. The number of benzene rings is 1. The molecule has 1 aromatic heterocycles. The molecule has 0 bridgehead atoms. The fourth-order valence-electron chi connectivity index (χ4n) is 1.46. The lowest BCUT2D eigenvalue weighted by molar-refractivity contribution is 0.0692. The number of aromatic carboxylic acids is 1. The van der Waals surface area contributed by atoms with Gasteiger partial charge in [0, 0.05) is 11.9 Å². The third-order valence-corrected chi connectivity index (χ3v) is 2.40. The van der Waals surface area contributed by atoms with E-state index < -0.39 is 17.3 Å². The van der Waals surface area contributed by atoms with E-state index in [1.165, 1.54) is 6.20 Å². The van der Waals surface area contributed by atoms with Gasteiger partial charge < -0.3 is 10.4 Å². The van der Waals surface area contributed by atoms with E-state index in [1.54, 1.807) is 24.3 Å². The molecule has 0 amide bonds. The highest BCUT2D eigenvalue weighted by Crippen LogP contribution is 2.20. The summed E-state index contributed by atoms with van der Waals surface area (Å²) in [6.45, 7) is 0. The highest BCUT2D eigenvalue weighted by Gasteiger charge is 2.14. The Morgan fingerprint density at radius 1 is 1.32 bits per heavy atom. The van der Waals surface area contributed by atoms with Crippen molar-refractivity contribution in [3.8, 4) is 6.07 Å². The van der Waals surface area contributed by atoms with Gasteiger partial charge in [-0.25, -0.2) is 14.2 Å². The molecule has 0 aliphatic carbocycles. The average Bonchev–Trinajstić information content (AvgIpc) is 2.41. The average molecular weight is 257 g/mol. The van der Waals surface area contributed by atoms with Crippen molar-refractivity contribution in [3.05, 3.63) is 53.5 Å². The summed E-state index contributed by atoms with van der Waals surface area (Å²) in [5.74, 6) is -2.47. The molecule has 5 nitrogen and oxygen atoms in total. The molecule has 0 aliphatic rings. The Labute approximate surface area is 108 Å². The van der Waals surface area contributed by atoms with Crippen LogP contribution in [0.2, 0.25) is 0 Å². The van der Waals surface area contributed by atoms with E-state index in [9.17, 15) is 9.18 Å². The third kappa shape index (κ3) is 2.66. The first-order valence-corrected chi connectivity index (χ1v) is 5.27. The summed E-state index contributed by atoms with van der Waals surface area (Å²) in [7, 11) is 0. The number of nitriles is 1.